The van der Waals surface area contributed by atoms with Crippen LogP contribution in [0.3, 0.4) is 0 Å². The van der Waals surface area contributed by atoms with Crippen molar-refractivity contribution in [1.82, 2.24) is 14.5 Å². The van der Waals surface area contributed by atoms with Gasteiger partial charge >= 0.3 is 0 Å². The molecule has 0 bridgehead atoms. The van der Waals surface area contributed by atoms with Crippen LogP contribution in [-0.4, -0.2) is 56.6 Å². The van der Waals surface area contributed by atoms with Gasteiger partial charge in [0.15, 0.2) is 0 Å². The highest BCUT2D eigenvalue weighted by molar-refractivity contribution is 7.89. The Balaban J connectivity index is 1.53. The van der Waals surface area contributed by atoms with Crippen LogP contribution in [0, 0.1) is 11.7 Å². The summed E-state index contributed by atoms with van der Waals surface area (Å²) in [4.78, 5) is 26.4. The third kappa shape index (κ3) is 5.03. The fourth-order valence-electron chi connectivity index (χ4n) is 3.28. The molecule has 0 aliphatic carbocycles. The van der Waals surface area contributed by atoms with Crippen molar-refractivity contribution in [3.05, 3.63) is 65.5 Å². The maximum absolute atomic E-state index is 13.0. The third-order valence-corrected chi connectivity index (χ3v) is 6.86. The zero-order valence-corrected chi connectivity index (χ0v) is 17.7. The molecule has 1 aliphatic heterocycles. The second-order valence-corrected chi connectivity index (χ2v) is 9.64. The molecule has 1 unspecified atom stereocenters. The van der Waals surface area contributed by atoms with Crippen LogP contribution < -0.4 is 5.32 Å². The van der Waals surface area contributed by atoms with E-state index in [-0.39, 0.29) is 28.4 Å². The second kappa shape index (κ2) is 8.93. The fourth-order valence-corrected chi connectivity index (χ4v) is 4.18. The molecule has 1 fully saturated rings. The minimum atomic E-state index is -3.55. The monoisotopic (exact) mass is 433 g/mol. The molecule has 30 heavy (non-hydrogen) atoms. The summed E-state index contributed by atoms with van der Waals surface area (Å²) in [6, 6.07) is 11.8. The number of sulfonamides is 1. The van der Waals surface area contributed by atoms with Gasteiger partial charge in [0.25, 0.3) is 5.91 Å². The summed E-state index contributed by atoms with van der Waals surface area (Å²) in [5.74, 6) is -0.667. The predicted octanol–water partition coefficient (Wildman–Crippen LogP) is 1.85. The van der Waals surface area contributed by atoms with Crippen molar-refractivity contribution < 1.29 is 22.4 Å². The lowest BCUT2D eigenvalue weighted by atomic mass is 10.1. The molecule has 9 heteroatoms. The van der Waals surface area contributed by atoms with Gasteiger partial charge in [-0.15, -0.1) is 0 Å². The molecule has 2 aromatic carbocycles. The SMILES string of the molecule is CN(C)S(=O)(=O)c1ccc(C(=O)NCC2CC(=O)N(Cc3ccc(F)cc3)C2)cc1. The van der Waals surface area contributed by atoms with Crippen LogP contribution in [0.5, 0.6) is 0 Å². The molecule has 0 saturated carbocycles. The summed E-state index contributed by atoms with van der Waals surface area (Å²) in [6.07, 6.45) is 0.335. The number of halogens is 1. The average Bonchev–Trinajstić information content (AvgIpc) is 3.07. The van der Waals surface area contributed by atoms with Gasteiger partial charge in [-0.25, -0.2) is 17.1 Å². The van der Waals surface area contributed by atoms with E-state index in [2.05, 4.69) is 5.32 Å². The summed E-state index contributed by atoms with van der Waals surface area (Å²) in [5, 5.41) is 2.81. The second-order valence-electron chi connectivity index (χ2n) is 7.49. The lowest BCUT2D eigenvalue weighted by Gasteiger charge is -2.17. The summed E-state index contributed by atoms with van der Waals surface area (Å²) in [6.45, 7) is 1.25. The minimum Gasteiger partial charge on any atom is -0.352 e. The van der Waals surface area contributed by atoms with E-state index in [0.717, 1.165) is 9.87 Å². The number of hydrogen-bond donors (Lipinski definition) is 1. The van der Waals surface area contributed by atoms with Gasteiger partial charge < -0.3 is 10.2 Å². The number of amides is 2. The Hall–Kier alpha value is -2.78. The Bertz CT molecular complexity index is 1020. The van der Waals surface area contributed by atoms with Crippen molar-refractivity contribution in [2.75, 3.05) is 27.2 Å². The highest BCUT2D eigenvalue weighted by Gasteiger charge is 2.29. The van der Waals surface area contributed by atoms with Crippen LogP contribution in [-0.2, 0) is 21.4 Å². The third-order valence-electron chi connectivity index (χ3n) is 5.03. The molecule has 3 rings (SSSR count). The van der Waals surface area contributed by atoms with Crippen LogP contribution in [0.15, 0.2) is 53.4 Å². The molecule has 1 aliphatic rings. The zero-order chi connectivity index (χ0) is 21.9. The number of carbonyl (C=O) groups excluding carboxylic acids is 2. The Morgan fingerprint density at radius 2 is 1.77 bits per heavy atom. The summed E-state index contributed by atoms with van der Waals surface area (Å²) in [5.41, 5.74) is 1.20. The van der Waals surface area contributed by atoms with E-state index in [9.17, 15) is 22.4 Å². The van der Waals surface area contributed by atoms with Crippen LogP contribution in [0.1, 0.15) is 22.3 Å². The number of rotatable bonds is 7. The Morgan fingerprint density at radius 3 is 2.37 bits per heavy atom. The number of likely N-dealkylation sites (tertiary alicyclic amines) is 1. The van der Waals surface area contributed by atoms with Crippen molar-refractivity contribution in [2.24, 2.45) is 5.92 Å². The average molecular weight is 434 g/mol. The summed E-state index contributed by atoms with van der Waals surface area (Å²) in [7, 11) is -0.662. The molecule has 1 heterocycles. The normalized spacial score (nSPS) is 16.9. The first-order valence-electron chi connectivity index (χ1n) is 9.50. The molecule has 1 saturated heterocycles. The quantitative estimate of drug-likeness (QED) is 0.722. The lowest BCUT2D eigenvalue weighted by molar-refractivity contribution is -0.128. The molecule has 0 radical (unpaired) electrons. The molecular weight excluding hydrogens is 409 g/mol. The van der Waals surface area contributed by atoms with Gasteiger partial charge in [0.1, 0.15) is 5.82 Å². The van der Waals surface area contributed by atoms with E-state index in [1.807, 2.05) is 0 Å². The van der Waals surface area contributed by atoms with Crippen molar-refractivity contribution in [3.8, 4) is 0 Å². The van der Waals surface area contributed by atoms with Gasteiger partial charge in [-0.3, -0.25) is 9.59 Å². The smallest absolute Gasteiger partial charge is 0.251 e. The maximum Gasteiger partial charge on any atom is 0.251 e. The van der Waals surface area contributed by atoms with Gasteiger partial charge in [-0.05, 0) is 42.0 Å². The van der Waals surface area contributed by atoms with E-state index in [1.54, 1.807) is 17.0 Å². The highest BCUT2D eigenvalue weighted by Crippen LogP contribution is 2.20. The maximum atomic E-state index is 13.0. The van der Waals surface area contributed by atoms with E-state index in [0.29, 0.717) is 31.6 Å². The van der Waals surface area contributed by atoms with Gasteiger partial charge in [-0.2, -0.15) is 0 Å². The number of nitrogens with one attached hydrogen (secondary N) is 1. The Kier molecular flexibility index (Phi) is 6.52. The lowest BCUT2D eigenvalue weighted by Crippen LogP contribution is -2.31. The van der Waals surface area contributed by atoms with Gasteiger partial charge in [0.2, 0.25) is 15.9 Å². The van der Waals surface area contributed by atoms with E-state index in [1.165, 1.54) is 50.5 Å². The molecule has 160 valence electrons. The number of hydrogen-bond acceptors (Lipinski definition) is 4. The molecule has 0 spiro atoms. The Morgan fingerprint density at radius 1 is 1.13 bits per heavy atom. The fraction of sp³-hybridized carbons (Fsp3) is 0.333. The van der Waals surface area contributed by atoms with Gasteiger partial charge in [0.05, 0.1) is 4.90 Å². The molecule has 2 aromatic rings. The number of carbonyl (C=O) groups is 2. The van der Waals surface area contributed by atoms with Crippen molar-refractivity contribution in [2.45, 2.75) is 17.9 Å². The molecule has 2 amide bonds. The van der Waals surface area contributed by atoms with Crippen LogP contribution in [0.4, 0.5) is 4.39 Å². The van der Waals surface area contributed by atoms with Crippen molar-refractivity contribution in [3.63, 3.8) is 0 Å². The molecule has 7 nitrogen and oxygen atoms in total. The van der Waals surface area contributed by atoms with E-state index >= 15 is 0 Å². The summed E-state index contributed by atoms with van der Waals surface area (Å²) >= 11 is 0. The first-order valence-corrected chi connectivity index (χ1v) is 10.9. The van der Waals surface area contributed by atoms with Crippen LogP contribution in [0.25, 0.3) is 0 Å². The van der Waals surface area contributed by atoms with E-state index < -0.39 is 10.0 Å². The standard InChI is InChI=1S/C21H24FN3O4S/c1-24(2)30(28,29)19-9-5-17(6-10-19)21(27)23-12-16-11-20(26)25(14-16)13-15-3-7-18(22)8-4-15/h3-10,16H,11-14H2,1-2H3,(H,23,27). The van der Waals surface area contributed by atoms with Crippen molar-refractivity contribution in [1.29, 1.82) is 0 Å². The summed E-state index contributed by atoms with van der Waals surface area (Å²) < 4.78 is 38.3. The first kappa shape index (κ1) is 21.9. The highest BCUT2D eigenvalue weighted by atomic mass is 32.2. The van der Waals surface area contributed by atoms with Gasteiger partial charge in [0, 0.05) is 51.6 Å². The van der Waals surface area contributed by atoms with E-state index in [4.69, 9.17) is 0 Å². The topological polar surface area (TPSA) is 86.8 Å². The van der Waals surface area contributed by atoms with Crippen LogP contribution in [0.2, 0.25) is 0 Å². The first-order chi connectivity index (χ1) is 14.2. The zero-order valence-electron chi connectivity index (χ0n) is 16.8. The molecule has 1 atom stereocenters. The largest absolute Gasteiger partial charge is 0.352 e. The molecular formula is C21H24FN3O4S. The number of benzene rings is 2. The van der Waals surface area contributed by atoms with Gasteiger partial charge in [-0.1, -0.05) is 12.1 Å². The molecule has 0 aromatic heterocycles. The van der Waals surface area contributed by atoms with Crippen molar-refractivity contribution >= 4 is 21.8 Å². The Labute approximate surface area is 175 Å². The molecule has 1 N–H and O–H groups in total. The predicted molar refractivity (Wildman–Crippen MR) is 110 cm³/mol. The number of nitrogens with zero attached hydrogens (tertiary/aromatic N) is 2. The van der Waals surface area contributed by atoms with Crippen LogP contribution >= 0.6 is 0 Å². The minimum absolute atomic E-state index is 0.00295.